The molecule has 0 amide bonds. The Balaban J connectivity index is 1.90. The molecule has 1 aromatic heterocycles. The van der Waals surface area contributed by atoms with E-state index in [1.807, 2.05) is 0 Å². The van der Waals surface area contributed by atoms with E-state index in [2.05, 4.69) is 36.7 Å². The molecule has 1 N–H and O–H groups in total. The molecule has 1 rings (SSSR count). The van der Waals surface area contributed by atoms with E-state index >= 15 is 0 Å². The summed E-state index contributed by atoms with van der Waals surface area (Å²) in [6, 6.07) is 4.23. The number of rotatable bonds is 7. The van der Waals surface area contributed by atoms with Crippen LogP contribution in [0.5, 0.6) is 0 Å². The maximum absolute atomic E-state index is 5.46. The standard InChI is InChI=1S/C11H19NOS/c1-10(2)9-13-6-5-12-8-11-4-3-7-14-11/h3-4,7,10,12H,5-6,8-9H2,1-2H3. The molecule has 80 valence electrons. The Kier molecular flexibility index (Phi) is 5.83. The lowest BCUT2D eigenvalue weighted by atomic mass is 10.2. The van der Waals surface area contributed by atoms with Crippen molar-refractivity contribution in [2.45, 2.75) is 20.4 Å². The van der Waals surface area contributed by atoms with Crippen molar-refractivity contribution in [1.29, 1.82) is 0 Å². The van der Waals surface area contributed by atoms with Gasteiger partial charge in [-0.05, 0) is 17.4 Å². The van der Waals surface area contributed by atoms with E-state index < -0.39 is 0 Å². The summed E-state index contributed by atoms with van der Waals surface area (Å²) >= 11 is 1.79. The molecule has 0 aromatic carbocycles. The molecule has 0 spiro atoms. The topological polar surface area (TPSA) is 21.3 Å². The Labute approximate surface area is 90.3 Å². The van der Waals surface area contributed by atoms with Gasteiger partial charge < -0.3 is 10.1 Å². The maximum Gasteiger partial charge on any atom is 0.0591 e. The van der Waals surface area contributed by atoms with Crippen LogP contribution in [0.15, 0.2) is 17.5 Å². The van der Waals surface area contributed by atoms with E-state index in [1.54, 1.807) is 11.3 Å². The van der Waals surface area contributed by atoms with Gasteiger partial charge in [0.25, 0.3) is 0 Å². The van der Waals surface area contributed by atoms with Crippen molar-refractivity contribution in [2.24, 2.45) is 5.92 Å². The zero-order valence-corrected chi connectivity index (χ0v) is 9.77. The third kappa shape index (κ3) is 5.37. The van der Waals surface area contributed by atoms with Crippen molar-refractivity contribution in [3.63, 3.8) is 0 Å². The Morgan fingerprint density at radius 1 is 1.50 bits per heavy atom. The van der Waals surface area contributed by atoms with Gasteiger partial charge in [-0.1, -0.05) is 19.9 Å². The van der Waals surface area contributed by atoms with Crippen LogP contribution in [0, 0.1) is 5.92 Å². The van der Waals surface area contributed by atoms with Crippen LogP contribution in [-0.4, -0.2) is 19.8 Å². The van der Waals surface area contributed by atoms with Gasteiger partial charge >= 0.3 is 0 Å². The van der Waals surface area contributed by atoms with Crippen molar-refractivity contribution in [3.05, 3.63) is 22.4 Å². The quantitative estimate of drug-likeness (QED) is 0.703. The van der Waals surface area contributed by atoms with Crippen molar-refractivity contribution >= 4 is 11.3 Å². The zero-order valence-electron chi connectivity index (χ0n) is 8.95. The highest BCUT2D eigenvalue weighted by Crippen LogP contribution is 2.06. The molecule has 0 aliphatic carbocycles. The molecule has 0 bridgehead atoms. The lowest BCUT2D eigenvalue weighted by molar-refractivity contribution is 0.111. The minimum Gasteiger partial charge on any atom is -0.380 e. The molecule has 1 heterocycles. The first-order valence-corrected chi connectivity index (χ1v) is 5.98. The molecular formula is C11H19NOS. The first-order chi connectivity index (χ1) is 6.79. The summed E-state index contributed by atoms with van der Waals surface area (Å²) in [7, 11) is 0. The zero-order chi connectivity index (χ0) is 10.2. The predicted octanol–water partition coefficient (Wildman–Crippen LogP) is 2.51. The number of thiophene rings is 1. The SMILES string of the molecule is CC(C)COCCNCc1cccs1. The fourth-order valence-corrected chi connectivity index (χ4v) is 1.76. The molecule has 0 saturated carbocycles. The van der Waals surface area contributed by atoms with Crippen LogP contribution in [0.2, 0.25) is 0 Å². The smallest absolute Gasteiger partial charge is 0.0591 e. The second-order valence-corrected chi connectivity index (χ2v) is 4.76. The average molecular weight is 213 g/mol. The average Bonchev–Trinajstić information content (AvgIpc) is 2.63. The van der Waals surface area contributed by atoms with E-state index in [-0.39, 0.29) is 0 Å². The van der Waals surface area contributed by atoms with E-state index in [0.717, 1.165) is 26.3 Å². The number of nitrogens with one attached hydrogen (secondary N) is 1. The number of hydrogen-bond donors (Lipinski definition) is 1. The Morgan fingerprint density at radius 2 is 2.36 bits per heavy atom. The van der Waals surface area contributed by atoms with Crippen molar-refractivity contribution in [3.8, 4) is 0 Å². The normalized spacial score (nSPS) is 11.1. The summed E-state index contributed by atoms with van der Waals surface area (Å²) in [6.07, 6.45) is 0. The molecule has 0 aliphatic rings. The third-order valence-corrected chi connectivity index (χ3v) is 2.63. The molecule has 3 heteroatoms. The molecule has 0 atom stereocenters. The molecule has 0 radical (unpaired) electrons. The van der Waals surface area contributed by atoms with Gasteiger partial charge in [0, 0.05) is 24.6 Å². The maximum atomic E-state index is 5.46. The summed E-state index contributed by atoms with van der Waals surface area (Å²) in [5.74, 6) is 0.632. The van der Waals surface area contributed by atoms with Crippen molar-refractivity contribution in [1.82, 2.24) is 5.32 Å². The van der Waals surface area contributed by atoms with Gasteiger partial charge in [0.1, 0.15) is 0 Å². The van der Waals surface area contributed by atoms with E-state index in [4.69, 9.17) is 4.74 Å². The Hall–Kier alpha value is -0.380. The highest BCUT2D eigenvalue weighted by Gasteiger charge is 1.94. The van der Waals surface area contributed by atoms with E-state index in [0.29, 0.717) is 5.92 Å². The molecule has 0 unspecified atom stereocenters. The fraction of sp³-hybridized carbons (Fsp3) is 0.636. The van der Waals surface area contributed by atoms with Crippen molar-refractivity contribution in [2.75, 3.05) is 19.8 Å². The van der Waals surface area contributed by atoms with Crippen LogP contribution in [0.1, 0.15) is 18.7 Å². The van der Waals surface area contributed by atoms with Crippen LogP contribution >= 0.6 is 11.3 Å². The van der Waals surface area contributed by atoms with Gasteiger partial charge in [0.15, 0.2) is 0 Å². The second-order valence-electron chi connectivity index (χ2n) is 3.72. The first kappa shape index (κ1) is 11.7. The predicted molar refractivity (Wildman–Crippen MR) is 61.7 cm³/mol. The van der Waals surface area contributed by atoms with Gasteiger partial charge in [-0.2, -0.15) is 0 Å². The van der Waals surface area contributed by atoms with Gasteiger partial charge in [0.2, 0.25) is 0 Å². The molecule has 0 fully saturated rings. The summed E-state index contributed by atoms with van der Waals surface area (Å²) in [6.45, 7) is 7.90. The first-order valence-electron chi connectivity index (χ1n) is 5.10. The summed E-state index contributed by atoms with van der Waals surface area (Å²) < 4.78 is 5.46. The van der Waals surface area contributed by atoms with Gasteiger partial charge in [0.05, 0.1) is 6.61 Å². The van der Waals surface area contributed by atoms with Crippen LogP contribution in [0.3, 0.4) is 0 Å². The van der Waals surface area contributed by atoms with Crippen LogP contribution in [-0.2, 0) is 11.3 Å². The lowest BCUT2D eigenvalue weighted by Gasteiger charge is -2.07. The summed E-state index contributed by atoms with van der Waals surface area (Å²) in [5.41, 5.74) is 0. The van der Waals surface area contributed by atoms with Crippen LogP contribution in [0.25, 0.3) is 0 Å². The Morgan fingerprint density at radius 3 is 3.00 bits per heavy atom. The molecule has 0 aliphatic heterocycles. The Bertz CT molecular complexity index is 221. The molecule has 14 heavy (non-hydrogen) atoms. The summed E-state index contributed by atoms with van der Waals surface area (Å²) in [4.78, 5) is 1.38. The number of ether oxygens (including phenoxy) is 1. The third-order valence-electron chi connectivity index (χ3n) is 1.75. The largest absolute Gasteiger partial charge is 0.380 e. The van der Waals surface area contributed by atoms with Gasteiger partial charge in [-0.3, -0.25) is 0 Å². The van der Waals surface area contributed by atoms with Gasteiger partial charge in [-0.15, -0.1) is 11.3 Å². The molecule has 2 nitrogen and oxygen atoms in total. The van der Waals surface area contributed by atoms with Crippen LogP contribution < -0.4 is 5.32 Å². The second kappa shape index (κ2) is 6.98. The molecule has 1 aromatic rings. The fourth-order valence-electron chi connectivity index (χ4n) is 1.09. The minimum absolute atomic E-state index is 0.632. The highest BCUT2D eigenvalue weighted by atomic mass is 32.1. The molecule has 0 saturated heterocycles. The molecular weight excluding hydrogens is 194 g/mol. The van der Waals surface area contributed by atoms with Gasteiger partial charge in [-0.25, -0.2) is 0 Å². The van der Waals surface area contributed by atoms with E-state index in [9.17, 15) is 0 Å². The van der Waals surface area contributed by atoms with E-state index in [1.165, 1.54) is 4.88 Å². The highest BCUT2D eigenvalue weighted by molar-refractivity contribution is 7.09. The lowest BCUT2D eigenvalue weighted by Crippen LogP contribution is -2.19. The summed E-state index contributed by atoms with van der Waals surface area (Å²) in [5, 5.41) is 5.45. The number of hydrogen-bond acceptors (Lipinski definition) is 3. The van der Waals surface area contributed by atoms with Crippen molar-refractivity contribution < 1.29 is 4.74 Å². The minimum atomic E-state index is 0.632. The van der Waals surface area contributed by atoms with Crippen LogP contribution in [0.4, 0.5) is 0 Å². The monoisotopic (exact) mass is 213 g/mol.